The molecule has 3 rings (SSSR count). The minimum Gasteiger partial charge on any atom is -0.340 e. The molecule has 2 aromatic rings. The average Bonchev–Trinajstić information content (AvgIpc) is 2.70. The van der Waals surface area contributed by atoms with Gasteiger partial charge in [-0.1, -0.05) is 30.3 Å². The van der Waals surface area contributed by atoms with Crippen molar-refractivity contribution in [3.8, 4) is 6.07 Å². The van der Waals surface area contributed by atoms with Gasteiger partial charge in [0, 0.05) is 26.2 Å². The minimum absolute atomic E-state index is 0.00211. The second-order valence-electron chi connectivity index (χ2n) is 6.99. The molecule has 1 amide bonds. The number of nitriles is 1. The van der Waals surface area contributed by atoms with E-state index in [4.69, 9.17) is 0 Å². The van der Waals surface area contributed by atoms with Crippen molar-refractivity contribution in [1.29, 1.82) is 5.26 Å². The molecule has 28 heavy (non-hydrogen) atoms. The molecule has 0 aliphatic carbocycles. The summed E-state index contributed by atoms with van der Waals surface area (Å²) in [5, 5.41) is 9.19. The first-order valence-corrected chi connectivity index (χ1v) is 10.6. The Hall–Kier alpha value is -2.69. The zero-order valence-electron chi connectivity index (χ0n) is 16.1. The lowest BCUT2D eigenvalue weighted by molar-refractivity contribution is -0.131. The van der Waals surface area contributed by atoms with Crippen molar-refractivity contribution >= 4 is 15.9 Å². The van der Waals surface area contributed by atoms with E-state index in [1.165, 1.54) is 22.0 Å². The number of carbonyl (C=O) groups excluding carboxylic acids is 1. The number of benzene rings is 2. The molecule has 1 heterocycles. The topological polar surface area (TPSA) is 81.5 Å². The Morgan fingerprint density at radius 2 is 1.71 bits per heavy atom. The van der Waals surface area contributed by atoms with E-state index in [9.17, 15) is 18.5 Å². The molecule has 0 radical (unpaired) electrons. The van der Waals surface area contributed by atoms with Crippen LogP contribution >= 0.6 is 0 Å². The van der Waals surface area contributed by atoms with Gasteiger partial charge in [-0.05, 0) is 42.7 Å². The van der Waals surface area contributed by atoms with Crippen LogP contribution in [0.25, 0.3) is 0 Å². The van der Waals surface area contributed by atoms with Crippen LogP contribution in [-0.2, 0) is 21.2 Å². The van der Waals surface area contributed by atoms with Crippen molar-refractivity contribution in [3.63, 3.8) is 0 Å². The van der Waals surface area contributed by atoms with E-state index >= 15 is 0 Å². The number of sulfonamides is 1. The molecule has 0 bridgehead atoms. The summed E-state index contributed by atoms with van der Waals surface area (Å²) in [5.41, 5.74) is 3.44. The molecule has 0 N–H and O–H groups in total. The molecule has 7 heteroatoms. The molecule has 0 saturated carbocycles. The number of rotatable bonds is 4. The summed E-state index contributed by atoms with van der Waals surface area (Å²) in [5.74, 6) is -0.00211. The molecule has 0 spiro atoms. The third-order valence-corrected chi connectivity index (χ3v) is 7.10. The monoisotopic (exact) mass is 397 g/mol. The van der Waals surface area contributed by atoms with Crippen molar-refractivity contribution < 1.29 is 13.2 Å². The zero-order chi connectivity index (χ0) is 20.3. The van der Waals surface area contributed by atoms with Crippen LogP contribution in [0.2, 0.25) is 0 Å². The standard InChI is InChI=1S/C21H23N3O3S/c1-16-7-8-18(13-17(16)2)14-21(25)23-9-11-24(12-10-23)28(26,27)20-6-4-3-5-19(20)15-22/h3-8,13H,9-12,14H2,1-2H3. The van der Waals surface area contributed by atoms with Crippen LogP contribution in [-0.4, -0.2) is 49.7 Å². The second-order valence-corrected chi connectivity index (χ2v) is 8.89. The van der Waals surface area contributed by atoms with Gasteiger partial charge in [0.25, 0.3) is 0 Å². The fraction of sp³-hybridized carbons (Fsp3) is 0.333. The third-order valence-electron chi connectivity index (χ3n) is 5.14. The summed E-state index contributed by atoms with van der Waals surface area (Å²) in [7, 11) is -3.75. The van der Waals surface area contributed by atoms with Crippen molar-refractivity contribution in [3.05, 3.63) is 64.7 Å². The fourth-order valence-corrected chi connectivity index (χ4v) is 4.87. The van der Waals surface area contributed by atoms with Gasteiger partial charge in [0.2, 0.25) is 15.9 Å². The van der Waals surface area contributed by atoms with Crippen LogP contribution in [0, 0.1) is 25.2 Å². The summed E-state index contributed by atoms with van der Waals surface area (Å²) in [4.78, 5) is 14.3. The smallest absolute Gasteiger partial charge is 0.244 e. The van der Waals surface area contributed by atoms with Gasteiger partial charge in [0.05, 0.1) is 16.9 Å². The molecule has 1 fully saturated rings. The Morgan fingerprint density at radius 1 is 1.04 bits per heavy atom. The van der Waals surface area contributed by atoms with Crippen molar-refractivity contribution in [2.45, 2.75) is 25.2 Å². The highest BCUT2D eigenvalue weighted by Crippen LogP contribution is 2.21. The van der Waals surface area contributed by atoms with Crippen LogP contribution in [0.4, 0.5) is 0 Å². The minimum atomic E-state index is -3.75. The first-order valence-electron chi connectivity index (χ1n) is 9.16. The SMILES string of the molecule is Cc1ccc(CC(=O)N2CCN(S(=O)(=O)c3ccccc3C#N)CC2)cc1C. The Balaban J connectivity index is 1.66. The summed E-state index contributed by atoms with van der Waals surface area (Å²) < 4.78 is 27.1. The van der Waals surface area contributed by atoms with Crippen LogP contribution in [0.15, 0.2) is 47.4 Å². The van der Waals surface area contributed by atoms with Gasteiger partial charge in [-0.25, -0.2) is 8.42 Å². The van der Waals surface area contributed by atoms with Gasteiger partial charge in [-0.3, -0.25) is 4.79 Å². The molecule has 1 aliphatic heterocycles. The molecular formula is C21H23N3O3S. The first kappa shape index (κ1) is 20.1. The van der Waals surface area contributed by atoms with Crippen LogP contribution in [0.3, 0.4) is 0 Å². The quantitative estimate of drug-likeness (QED) is 0.792. The molecule has 1 saturated heterocycles. The lowest BCUT2D eigenvalue weighted by Crippen LogP contribution is -2.50. The first-order chi connectivity index (χ1) is 13.3. The van der Waals surface area contributed by atoms with E-state index < -0.39 is 10.0 Å². The number of hydrogen-bond acceptors (Lipinski definition) is 4. The fourth-order valence-electron chi connectivity index (χ4n) is 3.30. The maximum absolute atomic E-state index is 12.9. The summed E-state index contributed by atoms with van der Waals surface area (Å²) in [6.45, 7) is 5.19. The van der Waals surface area contributed by atoms with Crippen molar-refractivity contribution in [1.82, 2.24) is 9.21 Å². The van der Waals surface area contributed by atoms with Gasteiger partial charge in [0.15, 0.2) is 0 Å². The van der Waals surface area contributed by atoms with E-state index in [0.29, 0.717) is 19.5 Å². The number of carbonyl (C=O) groups is 1. The molecule has 1 aliphatic rings. The number of amides is 1. The molecular weight excluding hydrogens is 374 g/mol. The van der Waals surface area contributed by atoms with Crippen molar-refractivity contribution in [2.75, 3.05) is 26.2 Å². The predicted octanol–water partition coefficient (Wildman–Crippen LogP) is 2.25. The van der Waals surface area contributed by atoms with E-state index in [-0.39, 0.29) is 29.5 Å². The van der Waals surface area contributed by atoms with Crippen LogP contribution < -0.4 is 0 Å². The summed E-state index contributed by atoms with van der Waals surface area (Å²) >= 11 is 0. The maximum atomic E-state index is 12.9. The predicted molar refractivity (Wildman–Crippen MR) is 106 cm³/mol. The van der Waals surface area contributed by atoms with E-state index in [0.717, 1.165) is 11.1 Å². The Kier molecular flexibility index (Phi) is 5.82. The van der Waals surface area contributed by atoms with Crippen LogP contribution in [0.1, 0.15) is 22.3 Å². The highest BCUT2D eigenvalue weighted by atomic mass is 32.2. The van der Waals surface area contributed by atoms with Crippen LogP contribution in [0.5, 0.6) is 0 Å². The third kappa shape index (κ3) is 4.08. The number of aryl methyl sites for hydroxylation is 2. The lowest BCUT2D eigenvalue weighted by Gasteiger charge is -2.34. The number of hydrogen-bond donors (Lipinski definition) is 0. The average molecular weight is 398 g/mol. The normalized spacial score (nSPS) is 15.2. The highest BCUT2D eigenvalue weighted by molar-refractivity contribution is 7.89. The Bertz CT molecular complexity index is 1030. The highest BCUT2D eigenvalue weighted by Gasteiger charge is 2.31. The van der Waals surface area contributed by atoms with Crippen molar-refractivity contribution in [2.24, 2.45) is 0 Å². The van der Waals surface area contributed by atoms with E-state index in [1.54, 1.807) is 17.0 Å². The van der Waals surface area contributed by atoms with Gasteiger partial charge < -0.3 is 4.90 Å². The second kappa shape index (κ2) is 8.13. The van der Waals surface area contributed by atoms with Gasteiger partial charge in [0.1, 0.15) is 6.07 Å². The Morgan fingerprint density at radius 3 is 2.36 bits per heavy atom. The zero-order valence-corrected chi connectivity index (χ0v) is 16.9. The van der Waals surface area contributed by atoms with E-state index in [1.807, 2.05) is 38.1 Å². The lowest BCUT2D eigenvalue weighted by atomic mass is 10.0. The van der Waals surface area contributed by atoms with Gasteiger partial charge >= 0.3 is 0 Å². The Labute approximate surface area is 166 Å². The molecule has 6 nitrogen and oxygen atoms in total. The molecule has 0 atom stereocenters. The number of nitrogens with zero attached hydrogens (tertiary/aromatic N) is 3. The maximum Gasteiger partial charge on any atom is 0.244 e. The molecule has 146 valence electrons. The van der Waals surface area contributed by atoms with Gasteiger partial charge in [-0.2, -0.15) is 9.57 Å². The summed E-state index contributed by atoms with van der Waals surface area (Å²) in [6, 6.07) is 14.1. The molecule has 0 aromatic heterocycles. The largest absolute Gasteiger partial charge is 0.340 e. The van der Waals surface area contributed by atoms with E-state index in [2.05, 4.69) is 0 Å². The molecule has 0 unspecified atom stereocenters. The van der Waals surface area contributed by atoms with Gasteiger partial charge in [-0.15, -0.1) is 0 Å². The summed E-state index contributed by atoms with van der Waals surface area (Å²) in [6.07, 6.45) is 0.311. The molecule has 2 aromatic carbocycles. The number of piperazine rings is 1.